The first-order valence-corrected chi connectivity index (χ1v) is 7.23. The summed E-state index contributed by atoms with van der Waals surface area (Å²) in [7, 11) is 1.86. The Balaban J connectivity index is 1.82. The highest BCUT2D eigenvalue weighted by atomic mass is 35.5. The van der Waals surface area contributed by atoms with Crippen LogP contribution in [-0.2, 0) is 11.8 Å². The van der Waals surface area contributed by atoms with Gasteiger partial charge in [-0.25, -0.2) is 0 Å². The first-order valence-electron chi connectivity index (χ1n) is 6.47. The summed E-state index contributed by atoms with van der Waals surface area (Å²) >= 11 is 12.1. The minimum atomic E-state index is -0.974. The maximum Gasteiger partial charge on any atom is 0.233 e. The van der Waals surface area contributed by atoms with Crippen molar-refractivity contribution in [2.24, 2.45) is 12.5 Å². The molecule has 1 aliphatic carbocycles. The summed E-state index contributed by atoms with van der Waals surface area (Å²) in [4.78, 5) is 12.3. The molecule has 1 N–H and O–H groups in total. The molecule has 0 saturated heterocycles. The molecule has 5 nitrogen and oxygen atoms in total. The zero-order valence-corrected chi connectivity index (χ0v) is 13.1. The monoisotopic (exact) mass is 324 g/mol. The van der Waals surface area contributed by atoms with Gasteiger partial charge in [0.25, 0.3) is 0 Å². The Morgan fingerprint density at radius 2 is 2.14 bits per heavy atom. The first-order chi connectivity index (χ1) is 9.83. The van der Waals surface area contributed by atoms with Gasteiger partial charge in [-0.3, -0.25) is 4.79 Å². The summed E-state index contributed by atoms with van der Waals surface area (Å²) < 4.78 is 0.837. The van der Waals surface area contributed by atoms with E-state index in [0.29, 0.717) is 12.1 Å². The van der Waals surface area contributed by atoms with Crippen molar-refractivity contribution in [2.75, 3.05) is 5.32 Å². The molecule has 1 fully saturated rings. The van der Waals surface area contributed by atoms with Crippen molar-refractivity contribution < 1.29 is 4.79 Å². The molecule has 2 aromatic rings. The number of anilines is 1. The van der Waals surface area contributed by atoms with E-state index in [2.05, 4.69) is 15.5 Å². The molecule has 1 heterocycles. The van der Waals surface area contributed by atoms with Crippen LogP contribution in [0.5, 0.6) is 0 Å². The number of nitrogens with one attached hydrogen (secondary N) is 1. The number of halogens is 2. The van der Waals surface area contributed by atoms with Gasteiger partial charge in [-0.2, -0.15) is 0 Å². The SMILES string of the molecule is Cn1cnnc1-c1cccc(NC(=O)[C@]2(C)CC2(Cl)Cl)c1. The molecule has 0 radical (unpaired) electrons. The molecular weight excluding hydrogens is 311 g/mol. The highest BCUT2D eigenvalue weighted by Gasteiger charge is 2.67. The molecule has 110 valence electrons. The Morgan fingerprint density at radius 1 is 1.43 bits per heavy atom. The van der Waals surface area contributed by atoms with E-state index in [1.807, 2.05) is 35.9 Å². The lowest BCUT2D eigenvalue weighted by Gasteiger charge is -2.13. The van der Waals surface area contributed by atoms with Crippen LogP contribution in [0.2, 0.25) is 0 Å². The molecule has 1 atom stereocenters. The topological polar surface area (TPSA) is 59.8 Å². The Morgan fingerprint density at radius 3 is 2.71 bits per heavy atom. The minimum absolute atomic E-state index is 0.178. The number of aryl methyl sites for hydroxylation is 1. The standard InChI is InChI=1S/C14H14Cl2N4O/c1-13(7-14(13,15)16)12(21)18-10-5-3-4-9(6-10)11-19-17-8-20(11)2/h3-6,8H,7H2,1-2H3,(H,18,21)/t13-/m0/s1. The number of nitrogens with zero attached hydrogens (tertiary/aromatic N) is 3. The van der Waals surface area contributed by atoms with Crippen molar-refractivity contribution in [1.82, 2.24) is 14.8 Å². The van der Waals surface area contributed by atoms with Crippen molar-refractivity contribution in [1.29, 1.82) is 0 Å². The number of alkyl halides is 2. The Hall–Kier alpha value is -1.59. The van der Waals surface area contributed by atoms with Crippen LogP contribution in [0.3, 0.4) is 0 Å². The summed E-state index contributed by atoms with van der Waals surface area (Å²) in [5, 5.41) is 10.8. The molecule has 1 aliphatic rings. The van der Waals surface area contributed by atoms with E-state index < -0.39 is 9.75 Å². The number of rotatable bonds is 3. The van der Waals surface area contributed by atoms with Gasteiger partial charge in [0.1, 0.15) is 10.7 Å². The van der Waals surface area contributed by atoms with Crippen LogP contribution in [0, 0.1) is 5.41 Å². The van der Waals surface area contributed by atoms with E-state index in [1.165, 1.54) is 0 Å². The van der Waals surface area contributed by atoms with Gasteiger partial charge < -0.3 is 9.88 Å². The Labute approximate surface area is 132 Å². The molecule has 0 unspecified atom stereocenters. The lowest BCUT2D eigenvalue weighted by Crippen LogP contribution is -2.25. The number of carbonyl (C=O) groups is 1. The average molecular weight is 325 g/mol. The van der Waals surface area contributed by atoms with Crippen LogP contribution in [-0.4, -0.2) is 25.0 Å². The zero-order chi connectivity index (χ0) is 15.3. The summed E-state index contributed by atoms with van der Waals surface area (Å²) in [5.41, 5.74) is 0.811. The minimum Gasteiger partial charge on any atom is -0.326 e. The number of benzene rings is 1. The second-order valence-electron chi connectivity index (χ2n) is 5.51. The van der Waals surface area contributed by atoms with Crippen molar-refractivity contribution in [2.45, 2.75) is 17.7 Å². The third-order valence-corrected chi connectivity index (χ3v) is 4.95. The predicted molar refractivity (Wildman–Crippen MR) is 82.2 cm³/mol. The van der Waals surface area contributed by atoms with Crippen LogP contribution < -0.4 is 5.32 Å². The van der Waals surface area contributed by atoms with Crippen molar-refractivity contribution in [3.8, 4) is 11.4 Å². The molecule has 7 heteroatoms. The normalized spacial score (nSPS) is 22.9. The quantitative estimate of drug-likeness (QED) is 0.883. The summed E-state index contributed by atoms with van der Waals surface area (Å²) in [5.74, 6) is 0.551. The van der Waals surface area contributed by atoms with Crippen molar-refractivity contribution in [3.05, 3.63) is 30.6 Å². The van der Waals surface area contributed by atoms with Crippen LogP contribution in [0.15, 0.2) is 30.6 Å². The lowest BCUT2D eigenvalue weighted by atomic mass is 10.1. The molecule has 0 spiro atoms. The number of hydrogen-bond acceptors (Lipinski definition) is 3. The van der Waals surface area contributed by atoms with E-state index in [1.54, 1.807) is 13.3 Å². The zero-order valence-electron chi connectivity index (χ0n) is 11.6. The fourth-order valence-corrected chi connectivity index (χ4v) is 2.90. The van der Waals surface area contributed by atoms with Crippen LogP contribution in [0.1, 0.15) is 13.3 Å². The van der Waals surface area contributed by atoms with Crippen LogP contribution in [0.25, 0.3) is 11.4 Å². The predicted octanol–water partition coefficient (Wildman–Crippen LogP) is 3.00. The second-order valence-corrected chi connectivity index (χ2v) is 7.00. The maximum absolute atomic E-state index is 12.3. The first kappa shape index (κ1) is 14.4. The average Bonchev–Trinajstić information content (AvgIpc) is 2.76. The molecule has 1 saturated carbocycles. The van der Waals surface area contributed by atoms with Gasteiger partial charge in [0.05, 0.1) is 5.41 Å². The number of hydrogen-bond donors (Lipinski definition) is 1. The number of aromatic nitrogens is 3. The lowest BCUT2D eigenvalue weighted by molar-refractivity contribution is -0.120. The van der Waals surface area contributed by atoms with Gasteiger partial charge in [-0.1, -0.05) is 12.1 Å². The molecule has 1 amide bonds. The summed E-state index contributed by atoms with van der Waals surface area (Å²) in [6.45, 7) is 1.76. The summed E-state index contributed by atoms with van der Waals surface area (Å²) in [6.07, 6.45) is 2.08. The van der Waals surface area contributed by atoms with Gasteiger partial charge >= 0.3 is 0 Å². The van der Waals surface area contributed by atoms with Gasteiger partial charge in [0.15, 0.2) is 5.82 Å². The molecule has 21 heavy (non-hydrogen) atoms. The van der Waals surface area contributed by atoms with E-state index in [9.17, 15) is 4.79 Å². The van der Waals surface area contributed by atoms with Crippen molar-refractivity contribution in [3.63, 3.8) is 0 Å². The summed E-state index contributed by atoms with van der Waals surface area (Å²) in [6, 6.07) is 7.42. The fraction of sp³-hybridized carbons (Fsp3) is 0.357. The smallest absolute Gasteiger partial charge is 0.233 e. The second kappa shape index (κ2) is 4.71. The Kier molecular flexibility index (Phi) is 3.22. The van der Waals surface area contributed by atoms with Crippen LogP contribution in [0.4, 0.5) is 5.69 Å². The van der Waals surface area contributed by atoms with Gasteiger partial charge in [0.2, 0.25) is 5.91 Å². The highest BCUT2D eigenvalue weighted by Crippen LogP contribution is 2.64. The molecular formula is C14H14Cl2N4O. The van der Waals surface area contributed by atoms with E-state index >= 15 is 0 Å². The van der Waals surface area contributed by atoms with Crippen molar-refractivity contribution >= 4 is 34.8 Å². The number of amides is 1. The van der Waals surface area contributed by atoms with Gasteiger partial charge in [-0.15, -0.1) is 33.4 Å². The molecule has 1 aromatic heterocycles. The molecule has 3 rings (SSSR count). The van der Waals surface area contributed by atoms with Gasteiger partial charge in [0, 0.05) is 18.3 Å². The third-order valence-electron chi connectivity index (χ3n) is 3.85. The van der Waals surface area contributed by atoms with Gasteiger partial charge in [-0.05, 0) is 25.5 Å². The molecule has 1 aromatic carbocycles. The molecule has 0 aliphatic heterocycles. The highest BCUT2D eigenvalue weighted by molar-refractivity contribution is 6.53. The fourth-order valence-electron chi connectivity index (χ4n) is 2.20. The van der Waals surface area contributed by atoms with E-state index in [4.69, 9.17) is 23.2 Å². The van der Waals surface area contributed by atoms with E-state index in [-0.39, 0.29) is 5.91 Å². The third kappa shape index (κ3) is 2.40. The van der Waals surface area contributed by atoms with E-state index in [0.717, 1.165) is 11.4 Å². The Bertz CT molecular complexity index is 713. The number of carbonyl (C=O) groups excluding carboxylic acids is 1. The molecule has 0 bridgehead atoms. The largest absolute Gasteiger partial charge is 0.326 e. The van der Waals surface area contributed by atoms with Crippen LogP contribution >= 0.6 is 23.2 Å². The maximum atomic E-state index is 12.3.